The van der Waals surface area contributed by atoms with Crippen LogP contribution in [0.15, 0.2) is 35.5 Å². The molecule has 1 aromatic rings. The van der Waals surface area contributed by atoms with Crippen molar-refractivity contribution in [3.63, 3.8) is 0 Å². The lowest BCUT2D eigenvalue weighted by molar-refractivity contribution is 0.521. The molecule has 1 heterocycles. The average molecular weight is 186 g/mol. The van der Waals surface area contributed by atoms with E-state index in [1.807, 2.05) is 0 Å². The van der Waals surface area contributed by atoms with Crippen LogP contribution in [-0.4, -0.2) is 14.2 Å². The summed E-state index contributed by atoms with van der Waals surface area (Å²) in [5, 5.41) is 0. The monoisotopic (exact) mass is 186 g/mol. The van der Waals surface area contributed by atoms with Crippen LogP contribution in [0.3, 0.4) is 0 Å². The van der Waals surface area contributed by atoms with Crippen molar-refractivity contribution in [3.05, 3.63) is 36.8 Å². The molecule has 1 rings (SSSR count). The van der Waals surface area contributed by atoms with Gasteiger partial charge in [0.15, 0.2) is 9.84 Å². The summed E-state index contributed by atoms with van der Waals surface area (Å²) >= 11 is 0. The van der Waals surface area contributed by atoms with Crippen molar-refractivity contribution >= 4 is 9.84 Å². The molecular weight excluding hydrogens is 176 g/mol. The minimum atomic E-state index is -3.07. The van der Waals surface area contributed by atoms with E-state index < -0.39 is 9.84 Å². The van der Waals surface area contributed by atoms with Crippen molar-refractivity contribution in [1.82, 2.24) is 0 Å². The predicted octanol–water partition coefficient (Wildman–Crippen LogP) is 1.38. The van der Waals surface area contributed by atoms with Crippen LogP contribution in [0.5, 0.6) is 0 Å². The number of hydrogen-bond acceptors (Lipinski definition) is 3. The smallest absolute Gasteiger partial charge is 0.161 e. The van der Waals surface area contributed by atoms with Gasteiger partial charge in [-0.25, -0.2) is 8.42 Å². The van der Waals surface area contributed by atoms with E-state index in [1.165, 1.54) is 12.3 Å². The predicted molar refractivity (Wildman–Crippen MR) is 46.4 cm³/mol. The zero-order valence-electron chi connectivity index (χ0n) is 6.56. The number of sulfone groups is 1. The average Bonchev–Trinajstić information content (AvgIpc) is 2.38. The van der Waals surface area contributed by atoms with Gasteiger partial charge in [-0.15, -0.1) is 6.58 Å². The number of furan rings is 1. The third-order valence-corrected chi connectivity index (χ3v) is 2.78. The lowest BCUT2D eigenvalue weighted by atomic mass is 10.5. The first-order chi connectivity index (χ1) is 5.64. The number of rotatable bonds is 4. The Kier molecular flexibility index (Phi) is 2.70. The summed E-state index contributed by atoms with van der Waals surface area (Å²) in [7, 11) is -3.07. The summed E-state index contributed by atoms with van der Waals surface area (Å²) in [5.74, 6) is 0.413. The normalized spacial score (nSPS) is 11.3. The van der Waals surface area contributed by atoms with Gasteiger partial charge in [0.1, 0.15) is 11.5 Å². The summed E-state index contributed by atoms with van der Waals surface area (Å²) < 4.78 is 27.2. The fourth-order valence-electron chi connectivity index (χ4n) is 0.850. The van der Waals surface area contributed by atoms with Crippen LogP contribution < -0.4 is 0 Å². The lowest BCUT2D eigenvalue weighted by Crippen LogP contribution is -2.06. The van der Waals surface area contributed by atoms with Crippen LogP contribution in [0, 0.1) is 0 Å². The second kappa shape index (κ2) is 3.58. The largest absolute Gasteiger partial charge is 0.468 e. The molecule has 0 aliphatic rings. The maximum atomic E-state index is 11.2. The van der Waals surface area contributed by atoms with Gasteiger partial charge in [0.25, 0.3) is 0 Å². The van der Waals surface area contributed by atoms with Gasteiger partial charge in [-0.2, -0.15) is 0 Å². The summed E-state index contributed by atoms with van der Waals surface area (Å²) in [6.45, 7) is 3.37. The third kappa shape index (κ3) is 2.54. The second-order valence-electron chi connectivity index (χ2n) is 2.42. The quantitative estimate of drug-likeness (QED) is 0.667. The molecule has 66 valence electrons. The molecule has 0 atom stereocenters. The fourth-order valence-corrected chi connectivity index (χ4v) is 1.92. The summed E-state index contributed by atoms with van der Waals surface area (Å²) in [5.41, 5.74) is 0. The zero-order chi connectivity index (χ0) is 9.03. The molecule has 0 saturated carbocycles. The Morgan fingerprint density at radius 2 is 2.33 bits per heavy atom. The second-order valence-corrected chi connectivity index (χ2v) is 4.53. The molecule has 3 nitrogen and oxygen atoms in total. The first-order valence-corrected chi connectivity index (χ1v) is 5.30. The lowest BCUT2D eigenvalue weighted by Gasteiger charge is -1.96. The molecule has 0 spiro atoms. The Morgan fingerprint density at radius 1 is 1.58 bits per heavy atom. The zero-order valence-corrected chi connectivity index (χ0v) is 7.38. The van der Waals surface area contributed by atoms with Crippen molar-refractivity contribution < 1.29 is 12.8 Å². The van der Waals surface area contributed by atoms with E-state index in [0.29, 0.717) is 5.76 Å². The molecule has 0 aliphatic carbocycles. The third-order valence-electron chi connectivity index (χ3n) is 1.31. The van der Waals surface area contributed by atoms with E-state index in [0.717, 1.165) is 0 Å². The van der Waals surface area contributed by atoms with E-state index in [-0.39, 0.29) is 11.5 Å². The first kappa shape index (κ1) is 9.06. The minimum Gasteiger partial charge on any atom is -0.468 e. The van der Waals surface area contributed by atoms with Crippen molar-refractivity contribution in [2.45, 2.75) is 5.75 Å². The Bertz CT molecular complexity index is 334. The van der Waals surface area contributed by atoms with Crippen LogP contribution in [-0.2, 0) is 15.6 Å². The van der Waals surface area contributed by atoms with E-state index >= 15 is 0 Å². The Labute approximate surface area is 71.6 Å². The first-order valence-electron chi connectivity index (χ1n) is 3.48. The summed E-state index contributed by atoms with van der Waals surface area (Å²) in [6, 6.07) is 3.30. The van der Waals surface area contributed by atoms with E-state index in [4.69, 9.17) is 4.42 Å². The van der Waals surface area contributed by atoms with Crippen molar-refractivity contribution in [2.24, 2.45) is 0 Å². The summed E-state index contributed by atoms with van der Waals surface area (Å²) in [6.07, 6.45) is 2.83. The van der Waals surface area contributed by atoms with Crippen LogP contribution in [0.25, 0.3) is 0 Å². The highest BCUT2D eigenvalue weighted by Crippen LogP contribution is 2.06. The van der Waals surface area contributed by atoms with Crippen LogP contribution in [0.4, 0.5) is 0 Å². The Hall–Kier alpha value is -1.03. The molecular formula is C8H10O3S. The van der Waals surface area contributed by atoms with Gasteiger partial charge in [-0.1, -0.05) is 6.08 Å². The highest BCUT2D eigenvalue weighted by atomic mass is 32.2. The molecule has 0 fully saturated rings. The standard InChI is InChI=1S/C8H10O3S/c1-2-6-12(9,10)7-8-4-3-5-11-8/h2-5H,1,6-7H2. The highest BCUT2D eigenvalue weighted by Gasteiger charge is 2.10. The van der Waals surface area contributed by atoms with Gasteiger partial charge >= 0.3 is 0 Å². The fraction of sp³-hybridized carbons (Fsp3) is 0.250. The molecule has 0 aliphatic heterocycles. The Morgan fingerprint density at radius 3 is 2.83 bits per heavy atom. The molecule has 0 N–H and O–H groups in total. The van der Waals surface area contributed by atoms with Gasteiger partial charge in [-0.05, 0) is 12.1 Å². The molecule has 0 bridgehead atoms. The van der Waals surface area contributed by atoms with Gasteiger partial charge in [-0.3, -0.25) is 0 Å². The molecule has 0 amide bonds. The van der Waals surface area contributed by atoms with Gasteiger partial charge < -0.3 is 4.42 Å². The van der Waals surface area contributed by atoms with Gasteiger partial charge in [0, 0.05) is 0 Å². The van der Waals surface area contributed by atoms with Crippen molar-refractivity contribution in [3.8, 4) is 0 Å². The number of hydrogen-bond donors (Lipinski definition) is 0. The SMILES string of the molecule is C=CCS(=O)(=O)Cc1ccco1. The molecule has 0 saturated heterocycles. The summed E-state index contributed by atoms with van der Waals surface area (Å²) in [4.78, 5) is 0. The van der Waals surface area contributed by atoms with Gasteiger partial charge in [0.05, 0.1) is 12.0 Å². The maximum Gasteiger partial charge on any atom is 0.161 e. The van der Waals surface area contributed by atoms with Crippen LogP contribution >= 0.6 is 0 Å². The van der Waals surface area contributed by atoms with E-state index in [1.54, 1.807) is 12.1 Å². The van der Waals surface area contributed by atoms with Gasteiger partial charge in [0.2, 0.25) is 0 Å². The highest BCUT2D eigenvalue weighted by molar-refractivity contribution is 7.90. The van der Waals surface area contributed by atoms with Crippen molar-refractivity contribution in [1.29, 1.82) is 0 Å². The van der Waals surface area contributed by atoms with E-state index in [9.17, 15) is 8.42 Å². The molecule has 4 heteroatoms. The topological polar surface area (TPSA) is 47.3 Å². The molecule has 1 aromatic heterocycles. The molecule has 0 unspecified atom stereocenters. The molecule has 0 aromatic carbocycles. The van der Waals surface area contributed by atoms with Crippen LogP contribution in [0.2, 0.25) is 0 Å². The van der Waals surface area contributed by atoms with Crippen molar-refractivity contribution in [2.75, 3.05) is 5.75 Å². The maximum absolute atomic E-state index is 11.2. The molecule has 0 radical (unpaired) electrons. The molecule has 12 heavy (non-hydrogen) atoms. The van der Waals surface area contributed by atoms with Crippen LogP contribution in [0.1, 0.15) is 5.76 Å². The van der Waals surface area contributed by atoms with E-state index in [2.05, 4.69) is 6.58 Å². The minimum absolute atomic E-state index is 0.00625. The Balaban J connectivity index is 2.69.